The van der Waals surface area contributed by atoms with E-state index in [4.69, 9.17) is 4.74 Å². The average molecular weight is 334 g/mol. The molecule has 0 radical (unpaired) electrons. The molecule has 24 heavy (non-hydrogen) atoms. The highest BCUT2D eigenvalue weighted by molar-refractivity contribution is 5.74. The van der Waals surface area contributed by atoms with Crippen LogP contribution in [0.15, 0.2) is 24.3 Å². The van der Waals surface area contributed by atoms with Gasteiger partial charge in [-0.2, -0.15) is 0 Å². The maximum absolute atomic E-state index is 12.3. The lowest BCUT2D eigenvalue weighted by atomic mass is 9.94. The monoisotopic (exact) mass is 334 g/mol. The van der Waals surface area contributed by atoms with Crippen LogP contribution in [0.4, 0.5) is 4.79 Å². The molecule has 1 aliphatic rings. The van der Waals surface area contributed by atoms with Crippen molar-refractivity contribution in [3.63, 3.8) is 0 Å². The number of amides is 2. The standard InChI is InChI=1S/C19H30N2O3/c1-14(2)12-15(9-10-22)13-20-19(23)21-17-7-5-11-24-18-8-4-3-6-16(17)18/h3-4,6,8,14-15,17,22H,5,7,9-13H2,1-2H3,(H2,20,21,23). The number of ether oxygens (including phenoxy) is 1. The number of aliphatic hydroxyl groups is 1. The first-order chi connectivity index (χ1) is 11.6. The van der Waals surface area contributed by atoms with Crippen LogP contribution in [-0.2, 0) is 0 Å². The van der Waals surface area contributed by atoms with E-state index in [2.05, 4.69) is 24.5 Å². The molecule has 0 aromatic heterocycles. The third-order valence-corrected chi connectivity index (χ3v) is 4.39. The van der Waals surface area contributed by atoms with Crippen LogP contribution >= 0.6 is 0 Å². The Morgan fingerprint density at radius 2 is 2.17 bits per heavy atom. The van der Waals surface area contributed by atoms with Crippen molar-refractivity contribution in [2.24, 2.45) is 11.8 Å². The summed E-state index contributed by atoms with van der Waals surface area (Å²) in [5.41, 5.74) is 1.04. The molecule has 2 rings (SSSR count). The maximum atomic E-state index is 12.3. The van der Waals surface area contributed by atoms with Gasteiger partial charge in [0.1, 0.15) is 5.75 Å². The quantitative estimate of drug-likeness (QED) is 0.717. The normalized spacial score (nSPS) is 18.2. The van der Waals surface area contributed by atoms with Crippen molar-refractivity contribution < 1.29 is 14.6 Å². The van der Waals surface area contributed by atoms with Crippen molar-refractivity contribution in [1.29, 1.82) is 0 Å². The van der Waals surface area contributed by atoms with E-state index in [1.54, 1.807) is 0 Å². The zero-order valence-corrected chi connectivity index (χ0v) is 14.8. The van der Waals surface area contributed by atoms with Crippen molar-refractivity contribution in [3.8, 4) is 5.75 Å². The summed E-state index contributed by atoms with van der Waals surface area (Å²) in [6.07, 6.45) is 3.51. The molecule has 0 saturated carbocycles. The molecule has 1 aromatic carbocycles. The van der Waals surface area contributed by atoms with E-state index in [1.807, 2.05) is 24.3 Å². The van der Waals surface area contributed by atoms with Gasteiger partial charge in [0.25, 0.3) is 0 Å². The molecular weight excluding hydrogens is 304 g/mol. The topological polar surface area (TPSA) is 70.6 Å². The van der Waals surface area contributed by atoms with E-state index < -0.39 is 0 Å². The van der Waals surface area contributed by atoms with Crippen molar-refractivity contribution in [2.45, 2.75) is 45.6 Å². The van der Waals surface area contributed by atoms with Crippen LogP contribution in [0.1, 0.15) is 51.1 Å². The van der Waals surface area contributed by atoms with Crippen LogP contribution < -0.4 is 15.4 Å². The summed E-state index contributed by atoms with van der Waals surface area (Å²) < 4.78 is 5.73. The van der Waals surface area contributed by atoms with E-state index in [0.717, 1.165) is 37.0 Å². The van der Waals surface area contributed by atoms with E-state index >= 15 is 0 Å². The second-order valence-electron chi connectivity index (χ2n) is 6.94. The maximum Gasteiger partial charge on any atom is 0.315 e. The number of fused-ring (bicyclic) bond motifs is 1. The van der Waals surface area contributed by atoms with Gasteiger partial charge in [-0.3, -0.25) is 0 Å². The van der Waals surface area contributed by atoms with Gasteiger partial charge in [-0.15, -0.1) is 0 Å². The minimum absolute atomic E-state index is 0.0231. The summed E-state index contributed by atoms with van der Waals surface area (Å²) in [6, 6.07) is 7.71. The Labute approximate surface area is 144 Å². The summed E-state index contributed by atoms with van der Waals surface area (Å²) in [5.74, 6) is 1.72. The minimum Gasteiger partial charge on any atom is -0.493 e. The Balaban J connectivity index is 1.89. The van der Waals surface area contributed by atoms with Gasteiger partial charge in [0.2, 0.25) is 0 Å². The van der Waals surface area contributed by atoms with Gasteiger partial charge >= 0.3 is 6.03 Å². The number of carbonyl (C=O) groups excluding carboxylic acids is 1. The molecule has 5 nitrogen and oxygen atoms in total. The molecule has 3 N–H and O–H groups in total. The molecule has 0 saturated heterocycles. The van der Waals surface area contributed by atoms with Gasteiger partial charge in [-0.25, -0.2) is 4.79 Å². The van der Waals surface area contributed by atoms with Gasteiger partial charge in [0, 0.05) is 18.7 Å². The van der Waals surface area contributed by atoms with Crippen molar-refractivity contribution >= 4 is 6.03 Å². The van der Waals surface area contributed by atoms with Crippen LogP contribution in [-0.4, -0.2) is 30.9 Å². The molecule has 0 spiro atoms. The number of nitrogens with one attached hydrogen (secondary N) is 2. The molecule has 134 valence electrons. The van der Waals surface area contributed by atoms with Crippen molar-refractivity contribution in [1.82, 2.24) is 10.6 Å². The predicted molar refractivity (Wildman–Crippen MR) is 95.1 cm³/mol. The zero-order chi connectivity index (χ0) is 17.4. The number of carbonyl (C=O) groups is 1. The lowest BCUT2D eigenvalue weighted by Crippen LogP contribution is -2.40. The minimum atomic E-state index is -0.150. The van der Waals surface area contributed by atoms with E-state index in [0.29, 0.717) is 25.0 Å². The number of benzene rings is 1. The highest BCUT2D eigenvalue weighted by Crippen LogP contribution is 2.31. The van der Waals surface area contributed by atoms with Crippen LogP contribution in [0.25, 0.3) is 0 Å². The Bertz CT molecular complexity index is 519. The number of aliphatic hydroxyl groups excluding tert-OH is 1. The predicted octanol–water partition coefficient (Wildman–Crippen LogP) is 3.24. The first-order valence-electron chi connectivity index (χ1n) is 8.97. The zero-order valence-electron chi connectivity index (χ0n) is 14.8. The molecule has 1 aliphatic heterocycles. The van der Waals surface area contributed by atoms with Crippen LogP contribution in [0.2, 0.25) is 0 Å². The fraction of sp³-hybridized carbons (Fsp3) is 0.632. The van der Waals surface area contributed by atoms with Gasteiger partial charge in [0.05, 0.1) is 12.6 Å². The molecule has 0 fully saturated rings. The van der Waals surface area contributed by atoms with E-state index in [-0.39, 0.29) is 18.7 Å². The fourth-order valence-electron chi connectivity index (χ4n) is 3.27. The lowest BCUT2D eigenvalue weighted by Gasteiger charge is -2.21. The molecular formula is C19H30N2O3. The SMILES string of the molecule is CC(C)CC(CCO)CNC(=O)NC1CCCOc2ccccc21. The molecule has 0 bridgehead atoms. The van der Waals surface area contributed by atoms with Crippen LogP contribution in [0.3, 0.4) is 0 Å². The number of hydrogen-bond donors (Lipinski definition) is 3. The van der Waals surface area contributed by atoms with Crippen molar-refractivity contribution in [2.75, 3.05) is 19.8 Å². The Hall–Kier alpha value is -1.75. The van der Waals surface area contributed by atoms with E-state index in [9.17, 15) is 9.90 Å². The highest BCUT2D eigenvalue weighted by atomic mass is 16.5. The molecule has 0 aliphatic carbocycles. The van der Waals surface area contributed by atoms with Gasteiger partial charge in [-0.1, -0.05) is 32.0 Å². The second-order valence-corrected chi connectivity index (χ2v) is 6.94. The molecule has 2 unspecified atom stereocenters. The number of para-hydroxylation sites is 1. The molecule has 2 amide bonds. The summed E-state index contributed by atoms with van der Waals surface area (Å²) in [5, 5.41) is 15.2. The number of hydrogen-bond acceptors (Lipinski definition) is 3. The van der Waals surface area contributed by atoms with Gasteiger partial charge < -0.3 is 20.5 Å². The Morgan fingerprint density at radius 1 is 1.38 bits per heavy atom. The first kappa shape index (κ1) is 18.6. The highest BCUT2D eigenvalue weighted by Gasteiger charge is 2.21. The smallest absolute Gasteiger partial charge is 0.315 e. The summed E-state index contributed by atoms with van der Waals surface area (Å²) >= 11 is 0. The summed E-state index contributed by atoms with van der Waals surface area (Å²) in [7, 11) is 0. The molecule has 5 heteroatoms. The average Bonchev–Trinajstić information content (AvgIpc) is 2.75. The van der Waals surface area contributed by atoms with Gasteiger partial charge in [0.15, 0.2) is 0 Å². The lowest BCUT2D eigenvalue weighted by molar-refractivity contribution is 0.222. The van der Waals surface area contributed by atoms with E-state index in [1.165, 1.54) is 0 Å². The third-order valence-electron chi connectivity index (χ3n) is 4.39. The number of rotatable bonds is 7. The second kappa shape index (κ2) is 9.52. The number of urea groups is 1. The fourth-order valence-corrected chi connectivity index (χ4v) is 3.27. The van der Waals surface area contributed by atoms with Crippen LogP contribution in [0, 0.1) is 11.8 Å². The third kappa shape index (κ3) is 5.71. The molecule has 1 heterocycles. The van der Waals surface area contributed by atoms with Gasteiger partial charge in [-0.05, 0) is 43.6 Å². The Kier molecular flexibility index (Phi) is 7.37. The molecule has 1 aromatic rings. The summed E-state index contributed by atoms with van der Waals surface area (Å²) in [4.78, 5) is 12.3. The summed E-state index contributed by atoms with van der Waals surface area (Å²) in [6.45, 7) is 5.76. The largest absolute Gasteiger partial charge is 0.493 e. The van der Waals surface area contributed by atoms with Crippen LogP contribution in [0.5, 0.6) is 5.75 Å². The molecule has 2 atom stereocenters. The Morgan fingerprint density at radius 3 is 2.92 bits per heavy atom. The van der Waals surface area contributed by atoms with Crippen molar-refractivity contribution in [3.05, 3.63) is 29.8 Å². The first-order valence-corrected chi connectivity index (χ1v) is 8.97.